The van der Waals surface area contributed by atoms with Crippen LogP contribution in [0.4, 0.5) is 26.3 Å². The number of hydrogen-bond donors (Lipinski definition) is 2. The van der Waals surface area contributed by atoms with Gasteiger partial charge in [-0.25, -0.2) is 0 Å². The fraction of sp³-hybridized carbons (Fsp3) is 0.278. The molecule has 0 spiro atoms. The summed E-state index contributed by atoms with van der Waals surface area (Å²) in [6.45, 7) is 3.02. The standard InChI is InChI=1S/C9H8F3NO.C9H10F3N.ClH/c1-5-2-3-6(8(13)14)4-7(5)9(10,11)12;1-6-4-7(5-13)2-3-8(6)9(10,11)12;/h2-4H,1H3,(H2,13,14);2-4H,5,13H2,1H3;1H. The van der Waals surface area contributed by atoms with Gasteiger partial charge >= 0.3 is 12.4 Å². The molecule has 156 valence electrons. The molecule has 0 unspecified atom stereocenters. The van der Waals surface area contributed by atoms with Gasteiger partial charge in [0.1, 0.15) is 0 Å². The molecule has 0 saturated heterocycles. The van der Waals surface area contributed by atoms with Gasteiger partial charge in [-0.2, -0.15) is 26.3 Å². The van der Waals surface area contributed by atoms with Crippen molar-refractivity contribution in [2.45, 2.75) is 32.7 Å². The lowest BCUT2D eigenvalue weighted by atomic mass is 10.0. The lowest BCUT2D eigenvalue weighted by molar-refractivity contribution is -0.138. The Morgan fingerprint density at radius 1 is 0.857 bits per heavy atom. The zero-order chi connectivity index (χ0) is 21.0. The molecule has 0 atom stereocenters. The van der Waals surface area contributed by atoms with Crippen LogP contribution >= 0.6 is 12.4 Å². The molecule has 0 aromatic heterocycles. The highest BCUT2D eigenvalue weighted by Gasteiger charge is 2.33. The molecule has 2 rings (SSSR count). The number of carbonyl (C=O) groups excluding carboxylic acids is 1. The fourth-order valence-electron chi connectivity index (χ4n) is 2.25. The Hall–Kier alpha value is -2.26. The molecule has 28 heavy (non-hydrogen) atoms. The normalized spacial score (nSPS) is 11.2. The number of primary amides is 1. The third-order valence-corrected chi connectivity index (χ3v) is 3.66. The molecule has 0 aliphatic heterocycles. The molecule has 4 N–H and O–H groups in total. The van der Waals surface area contributed by atoms with Crippen LogP contribution in [0.3, 0.4) is 0 Å². The van der Waals surface area contributed by atoms with E-state index in [1.807, 2.05) is 0 Å². The first-order valence-corrected chi connectivity index (χ1v) is 7.61. The van der Waals surface area contributed by atoms with Crippen molar-refractivity contribution in [1.82, 2.24) is 0 Å². The summed E-state index contributed by atoms with van der Waals surface area (Å²) in [4.78, 5) is 10.6. The van der Waals surface area contributed by atoms with E-state index in [2.05, 4.69) is 0 Å². The van der Waals surface area contributed by atoms with Gasteiger partial charge in [0, 0.05) is 12.1 Å². The summed E-state index contributed by atoms with van der Waals surface area (Å²) in [5, 5.41) is 0. The van der Waals surface area contributed by atoms with E-state index in [1.54, 1.807) is 0 Å². The molecule has 0 bridgehead atoms. The Morgan fingerprint density at radius 2 is 1.39 bits per heavy atom. The maximum absolute atomic E-state index is 12.3. The monoisotopic (exact) mass is 428 g/mol. The Morgan fingerprint density at radius 3 is 1.79 bits per heavy atom. The molecule has 0 heterocycles. The lowest BCUT2D eigenvalue weighted by Gasteiger charge is -2.10. The van der Waals surface area contributed by atoms with E-state index in [0.29, 0.717) is 5.56 Å². The van der Waals surface area contributed by atoms with Crippen LogP contribution in [0.2, 0.25) is 0 Å². The topological polar surface area (TPSA) is 69.1 Å². The maximum atomic E-state index is 12.3. The number of hydrogen-bond acceptors (Lipinski definition) is 2. The molecular weight excluding hydrogens is 410 g/mol. The third kappa shape index (κ3) is 7.05. The van der Waals surface area contributed by atoms with E-state index < -0.39 is 29.4 Å². The molecule has 0 saturated carbocycles. The summed E-state index contributed by atoms with van der Waals surface area (Å²) in [5.41, 5.74) is 9.62. The van der Waals surface area contributed by atoms with E-state index in [-0.39, 0.29) is 35.6 Å². The van der Waals surface area contributed by atoms with Crippen LogP contribution in [0.5, 0.6) is 0 Å². The number of amides is 1. The van der Waals surface area contributed by atoms with E-state index >= 15 is 0 Å². The molecule has 1 amide bonds. The van der Waals surface area contributed by atoms with Crippen molar-refractivity contribution in [3.8, 4) is 0 Å². The first-order valence-electron chi connectivity index (χ1n) is 7.61. The first-order chi connectivity index (χ1) is 12.3. The van der Waals surface area contributed by atoms with Crippen LogP contribution in [0, 0.1) is 13.8 Å². The highest BCUT2D eigenvalue weighted by molar-refractivity contribution is 5.93. The Labute approximate surface area is 164 Å². The number of benzene rings is 2. The molecule has 10 heteroatoms. The van der Waals surface area contributed by atoms with Crippen molar-refractivity contribution in [3.05, 3.63) is 69.8 Å². The summed E-state index contributed by atoms with van der Waals surface area (Å²) < 4.78 is 73.8. The molecule has 2 aromatic carbocycles. The highest BCUT2D eigenvalue weighted by Crippen LogP contribution is 2.32. The molecule has 0 aliphatic carbocycles. The van der Waals surface area contributed by atoms with Crippen molar-refractivity contribution in [2.24, 2.45) is 11.5 Å². The number of alkyl halides is 6. The number of rotatable bonds is 2. The second-order valence-electron chi connectivity index (χ2n) is 5.74. The highest BCUT2D eigenvalue weighted by atomic mass is 35.5. The van der Waals surface area contributed by atoms with E-state index in [9.17, 15) is 31.1 Å². The summed E-state index contributed by atoms with van der Waals surface area (Å²) in [6, 6.07) is 7.18. The molecular formula is C18H19ClF6N2O. The quantitative estimate of drug-likeness (QED) is 0.660. The molecule has 2 aromatic rings. The van der Waals surface area contributed by atoms with Crippen LogP contribution in [-0.4, -0.2) is 5.91 Å². The number of aryl methyl sites for hydroxylation is 2. The van der Waals surface area contributed by atoms with Crippen molar-refractivity contribution < 1.29 is 31.1 Å². The summed E-state index contributed by atoms with van der Waals surface area (Å²) in [6.07, 6.45) is -8.72. The zero-order valence-electron chi connectivity index (χ0n) is 14.9. The number of nitrogens with two attached hydrogens (primary N) is 2. The Kier molecular flexibility index (Phi) is 9.00. The van der Waals surface area contributed by atoms with Gasteiger partial charge in [-0.1, -0.05) is 18.2 Å². The van der Waals surface area contributed by atoms with Gasteiger partial charge in [0.2, 0.25) is 5.91 Å². The Bertz CT molecular complexity index is 819. The van der Waals surface area contributed by atoms with Crippen molar-refractivity contribution in [3.63, 3.8) is 0 Å². The van der Waals surface area contributed by atoms with Crippen molar-refractivity contribution in [1.29, 1.82) is 0 Å². The SMILES string of the molecule is Cc1cc(CN)ccc1C(F)(F)F.Cc1ccc(C(N)=O)cc1C(F)(F)F.Cl. The Balaban J connectivity index is 0.000000504. The van der Waals surface area contributed by atoms with Gasteiger partial charge in [0.15, 0.2) is 0 Å². The fourth-order valence-corrected chi connectivity index (χ4v) is 2.25. The predicted octanol–water partition coefficient (Wildman–Crippen LogP) is 5.01. The van der Waals surface area contributed by atoms with Gasteiger partial charge in [0.05, 0.1) is 11.1 Å². The van der Waals surface area contributed by atoms with Crippen LogP contribution in [-0.2, 0) is 18.9 Å². The number of halogens is 7. The summed E-state index contributed by atoms with van der Waals surface area (Å²) >= 11 is 0. The molecule has 0 fully saturated rings. The van der Waals surface area contributed by atoms with Gasteiger partial charge < -0.3 is 11.5 Å². The molecule has 0 radical (unpaired) electrons. The minimum atomic E-state index is -4.45. The second kappa shape index (κ2) is 9.79. The van der Waals surface area contributed by atoms with Gasteiger partial charge in [-0.05, 0) is 48.7 Å². The van der Waals surface area contributed by atoms with Gasteiger partial charge in [-0.3, -0.25) is 4.79 Å². The van der Waals surface area contributed by atoms with Crippen LogP contribution in [0.15, 0.2) is 36.4 Å². The average Bonchev–Trinajstić information content (AvgIpc) is 2.53. The van der Waals surface area contributed by atoms with Crippen LogP contribution in [0.25, 0.3) is 0 Å². The van der Waals surface area contributed by atoms with Crippen LogP contribution in [0.1, 0.15) is 38.2 Å². The summed E-state index contributed by atoms with van der Waals surface area (Å²) in [7, 11) is 0. The minimum Gasteiger partial charge on any atom is -0.366 e. The van der Waals surface area contributed by atoms with E-state index in [4.69, 9.17) is 11.5 Å². The first kappa shape index (κ1) is 25.7. The third-order valence-electron chi connectivity index (χ3n) is 3.66. The number of carbonyl (C=O) groups is 1. The molecule has 3 nitrogen and oxygen atoms in total. The van der Waals surface area contributed by atoms with E-state index in [1.165, 1.54) is 38.1 Å². The zero-order valence-corrected chi connectivity index (χ0v) is 15.7. The van der Waals surface area contributed by atoms with E-state index in [0.717, 1.165) is 12.1 Å². The predicted molar refractivity (Wildman–Crippen MR) is 96.0 cm³/mol. The second-order valence-corrected chi connectivity index (χ2v) is 5.74. The van der Waals surface area contributed by atoms with Crippen molar-refractivity contribution >= 4 is 18.3 Å². The average molecular weight is 429 g/mol. The minimum absolute atomic E-state index is 0. The lowest BCUT2D eigenvalue weighted by Crippen LogP contribution is -2.14. The maximum Gasteiger partial charge on any atom is 0.416 e. The van der Waals surface area contributed by atoms with Gasteiger partial charge in [-0.15, -0.1) is 12.4 Å². The van der Waals surface area contributed by atoms with Crippen molar-refractivity contribution in [2.75, 3.05) is 0 Å². The smallest absolute Gasteiger partial charge is 0.366 e. The largest absolute Gasteiger partial charge is 0.416 e. The summed E-state index contributed by atoms with van der Waals surface area (Å²) in [5.74, 6) is -0.865. The van der Waals surface area contributed by atoms with Gasteiger partial charge in [0.25, 0.3) is 0 Å². The van der Waals surface area contributed by atoms with Crippen LogP contribution < -0.4 is 11.5 Å². The molecule has 0 aliphatic rings.